The molecule has 0 saturated carbocycles. The van der Waals surface area contributed by atoms with Crippen LogP contribution in [0.15, 0.2) is 0 Å². The highest BCUT2D eigenvalue weighted by Gasteiger charge is 2.33. The molecule has 0 spiro atoms. The monoisotopic (exact) mass is 260 g/mol. The molecule has 2 heterocycles. The van der Waals surface area contributed by atoms with Gasteiger partial charge in [-0.2, -0.15) is 0 Å². The van der Waals surface area contributed by atoms with Crippen LogP contribution in [-0.4, -0.2) is 24.5 Å². The Labute approximate surface area is 111 Å². The van der Waals surface area contributed by atoms with Crippen molar-refractivity contribution in [1.29, 1.82) is 0 Å². The van der Waals surface area contributed by atoms with Crippen molar-refractivity contribution in [2.24, 2.45) is 11.8 Å². The van der Waals surface area contributed by atoms with Crippen LogP contribution in [-0.2, 0) is 4.79 Å². The van der Waals surface area contributed by atoms with E-state index in [2.05, 4.69) is 24.5 Å². The largest absolute Gasteiger partial charge is 0.356 e. The Morgan fingerprint density at radius 3 is 2.41 bits per heavy atom. The lowest BCUT2D eigenvalue weighted by Gasteiger charge is -2.28. The Bertz CT molecular complexity index is 246. The molecule has 3 nitrogen and oxygen atoms in total. The number of amides is 1. The van der Waals surface area contributed by atoms with Gasteiger partial charge in [-0.15, -0.1) is 12.4 Å². The maximum Gasteiger partial charge on any atom is 0.220 e. The van der Waals surface area contributed by atoms with Gasteiger partial charge in [0.1, 0.15) is 0 Å². The Balaban J connectivity index is 0.00000144. The minimum absolute atomic E-state index is 0. The summed E-state index contributed by atoms with van der Waals surface area (Å²) in [5.74, 6) is 1.42. The second kappa shape index (κ2) is 6.60. The molecule has 2 atom stereocenters. The first-order valence-electron chi connectivity index (χ1n) is 6.66. The van der Waals surface area contributed by atoms with E-state index in [0.717, 1.165) is 13.0 Å². The molecule has 2 N–H and O–H groups in total. The first kappa shape index (κ1) is 14.8. The van der Waals surface area contributed by atoms with Crippen LogP contribution in [0.25, 0.3) is 0 Å². The van der Waals surface area contributed by atoms with Crippen LogP contribution in [0.4, 0.5) is 0 Å². The molecule has 0 aliphatic carbocycles. The fourth-order valence-corrected chi connectivity index (χ4v) is 2.99. The van der Waals surface area contributed by atoms with E-state index in [0.29, 0.717) is 23.9 Å². The molecule has 2 fully saturated rings. The average molecular weight is 261 g/mol. The van der Waals surface area contributed by atoms with E-state index >= 15 is 0 Å². The molecule has 0 aromatic rings. The molecule has 2 unspecified atom stereocenters. The number of hydrogen-bond acceptors (Lipinski definition) is 2. The zero-order chi connectivity index (χ0) is 11.5. The lowest BCUT2D eigenvalue weighted by atomic mass is 9.89. The summed E-state index contributed by atoms with van der Waals surface area (Å²) in [4.78, 5) is 11.7. The molecule has 17 heavy (non-hydrogen) atoms. The lowest BCUT2D eigenvalue weighted by molar-refractivity contribution is -0.122. The van der Waals surface area contributed by atoms with Crippen molar-refractivity contribution in [2.75, 3.05) is 6.54 Å². The number of fused-ring (bicyclic) bond motifs is 2. The molecular weight excluding hydrogens is 236 g/mol. The van der Waals surface area contributed by atoms with Crippen LogP contribution in [0.5, 0.6) is 0 Å². The highest BCUT2D eigenvalue weighted by Crippen LogP contribution is 2.32. The number of hydrogen-bond donors (Lipinski definition) is 2. The second-order valence-corrected chi connectivity index (χ2v) is 5.88. The van der Waals surface area contributed by atoms with Crippen molar-refractivity contribution in [3.63, 3.8) is 0 Å². The first-order chi connectivity index (χ1) is 7.63. The number of rotatable bonds is 4. The van der Waals surface area contributed by atoms with E-state index in [1.807, 2.05) is 0 Å². The summed E-state index contributed by atoms with van der Waals surface area (Å²) in [6, 6.07) is 1.39. The summed E-state index contributed by atoms with van der Waals surface area (Å²) in [6.07, 6.45) is 5.77. The standard InChI is InChI=1S/C13H24N2O.ClH/c1-9(2)8-14-13(16)7-10-5-11-3-4-12(6-10)15-11;/h9-12,15H,3-8H2,1-2H3,(H,14,16);1H. The van der Waals surface area contributed by atoms with E-state index in [1.165, 1.54) is 25.7 Å². The summed E-state index contributed by atoms with van der Waals surface area (Å²) in [5, 5.41) is 6.63. The second-order valence-electron chi connectivity index (χ2n) is 5.88. The number of piperidine rings is 1. The molecule has 1 amide bonds. The van der Waals surface area contributed by atoms with E-state index < -0.39 is 0 Å². The van der Waals surface area contributed by atoms with Gasteiger partial charge in [0.2, 0.25) is 5.91 Å². The fraction of sp³-hybridized carbons (Fsp3) is 0.923. The summed E-state index contributed by atoms with van der Waals surface area (Å²) in [6.45, 7) is 5.08. The minimum Gasteiger partial charge on any atom is -0.356 e. The molecular formula is C13H25ClN2O. The Morgan fingerprint density at radius 1 is 1.29 bits per heavy atom. The molecule has 2 aliphatic heterocycles. The quantitative estimate of drug-likeness (QED) is 0.813. The predicted molar refractivity (Wildman–Crippen MR) is 72.4 cm³/mol. The van der Waals surface area contributed by atoms with Crippen LogP contribution < -0.4 is 10.6 Å². The summed E-state index contributed by atoms with van der Waals surface area (Å²) < 4.78 is 0. The van der Waals surface area contributed by atoms with Gasteiger partial charge in [0.25, 0.3) is 0 Å². The van der Waals surface area contributed by atoms with Crippen molar-refractivity contribution in [2.45, 2.75) is 58.0 Å². The third-order valence-electron chi connectivity index (χ3n) is 3.75. The third-order valence-corrected chi connectivity index (χ3v) is 3.75. The number of halogens is 1. The highest BCUT2D eigenvalue weighted by molar-refractivity contribution is 5.85. The van der Waals surface area contributed by atoms with Crippen molar-refractivity contribution in [3.8, 4) is 0 Å². The molecule has 4 heteroatoms. The summed E-state index contributed by atoms with van der Waals surface area (Å²) in [7, 11) is 0. The smallest absolute Gasteiger partial charge is 0.220 e. The fourth-order valence-electron chi connectivity index (χ4n) is 2.99. The van der Waals surface area contributed by atoms with E-state index in [-0.39, 0.29) is 18.3 Å². The molecule has 2 aliphatic rings. The van der Waals surface area contributed by atoms with Crippen molar-refractivity contribution in [3.05, 3.63) is 0 Å². The maximum absolute atomic E-state index is 11.7. The predicted octanol–water partition coefficient (Wildman–Crippen LogP) is 2.10. The van der Waals surface area contributed by atoms with Gasteiger partial charge in [0, 0.05) is 25.0 Å². The topological polar surface area (TPSA) is 41.1 Å². The first-order valence-corrected chi connectivity index (χ1v) is 6.66. The van der Waals surface area contributed by atoms with Crippen LogP contribution in [0.2, 0.25) is 0 Å². The van der Waals surface area contributed by atoms with Crippen LogP contribution in [0, 0.1) is 11.8 Å². The maximum atomic E-state index is 11.7. The van der Waals surface area contributed by atoms with E-state index in [9.17, 15) is 4.79 Å². The Morgan fingerprint density at radius 2 is 1.88 bits per heavy atom. The molecule has 2 rings (SSSR count). The number of nitrogens with one attached hydrogen (secondary N) is 2. The van der Waals surface area contributed by atoms with Crippen LogP contribution in [0.1, 0.15) is 46.0 Å². The highest BCUT2D eigenvalue weighted by atomic mass is 35.5. The van der Waals surface area contributed by atoms with Gasteiger partial charge in [-0.05, 0) is 37.5 Å². The van der Waals surface area contributed by atoms with Crippen LogP contribution >= 0.6 is 12.4 Å². The molecule has 0 aromatic heterocycles. The lowest BCUT2D eigenvalue weighted by Crippen LogP contribution is -2.40. The van der Waals surface area contributed by atoms with Gasteiger partial charge in [0.05, 0.1) is 0 Å². The van der Waals surface area contributed by atoms with Gasteiger partial charge in [-0.25, -0.2) is 0 Å². The van der Waals surface area contributed by atoms with Crippen molar-refractivity contribution < 1.29 is 4.79 Å². The number of carbonyl (C=O) groups excluding carboxylic acids is 1. The molecule has 0 aromatic carbocycles. The van der Waals surface area contributed by atoms with Gasteiger partial charge in [-0.1, -0.05) is 13.8 Å². The van der Waals surface area contributed by atoms with Gasteiger partial charge in [0.15, 0.2) is 0 Å². The molecule has 0 radical (unpaired) electrons. The Hall–Kier alpha value is -0.280. The van der Waals surface area contributed by atoms with E-state index in [1.54, 1.807) is 0 Å². The normalized spacial score (nSPS) is 31.1. The van der Waals surface area contributed by atoms with E-state index in [4.69, 9.17) is 0 Å². The molecule has 100 valence electrons. The van der Waals surface area contributed by atoms with Gasteiger partial charge >= 0.3 is 0 Å². The third kappa shape index (κ3) is 4.47. The minimum atomic E-state index is 0. The average Bonchev–Trinajstić information content (AvgIpc) is 2.55. The van der Waals surface area contributed by atoms with Crippen LogP contribution in [0.3, 0.4) is 0 Å². The summed E-state index contributed by atoms with van der Waals surface area (Å²) in [5.41, 5.74) is 0. The van der Waals surface area contributed by atoms with Crippen molar-refractivity contribution >= 4 is 18.3 Å². The SMILES string of the molecule is CC(C)CNC(=O)CC1CC2CCC(C1)N2.Cl. The number of carbonyl (C=O) groups is 1. The zero-order valence-electron chi connectivity index (χ0n) is 10.9. The Kier molecular flexibility index (Phi) is 5.74. The zero-order valence-corrected chi connectivity index (χ0v) is 11.7. The summed E-state index contributed by atoms with van der Waals surface area (Å²) >= 11 is 0. The van der Waals surface area contributed by atoms with Gasteiger partial charge in [-0.3, -0.25) is 4.79 Å². The molecule has 2 saturated heterocycles. The van der Waals surface area contributed by atoms with Gasteiger partial charge < -0.3 is 10.6 Å². The van der Waals surface area contributed by atoms with Crippen molar-refractivity contribution in [1.82, 2.24) is 10.6 Å². The molecule has 2 bridgehead atoms.